The van der Waals surface area contributed by atoms with Gasteiger partial charge in [0.15, 0.2) is 5.96 Å². The van der Waals surface area contributed by atoms with Gasteiger partial charge < -0.3 is 25.6 Å². The number of nitrogens with zero attached hydrogens (tertiary/aromatic N) is 2. The third-order valence-electron chi connectivity index (χ3n) is 2.77. The molecule has 0 aromatic carbocycles. The fraction of sp³-hybridized carbons (Fsp3) is 0.857. The number of methoxy groups -OCH3 is 1. The van der Waals surface area contributed by atoms with Gasteiger partial charge in [0.2, 0.25) is 5.91 Å². The Labute approximate surface area is 128 Å². The lowest BCUT2D eigenvalue weighted by Gasteiger charge is -2.18. The molecule has 0 saturated carbocycles. The largest absolute Gasteiger partial charge is 0.385 e. The van der Waals surface area contributed by atoms with Crippen molar-refractivity contribution in [3.8, 4) is 0 Å². The molecule has 0 saturated heterocycles. The maximum Gasteiger partial charge on any atom is 0.241 e. The zero-order chi connectivity index (χ0) is 15.9. The van der Waals surface area contributed by atoms with Crippen LogP contribution in [0.5, 0.6) is 0 Å². The summed E-state index contributed by atoms with van der Waals surface area (Å²) in [5.41, 5.74) is 0. The van der Waals surface area contributed by atoms with Crippen molar-refractivity contribution in [3.63, 3.8) is 0 Å². The van der Waals surface area contributed by atoms with Gasteiger partial charge in [0.1, 0.15) is 6.54 Å². The number of hydrogen-bond acceptors (Lipinski definition) is 4. The van der Waals surface area contributed by atoms with E-state index in [-0.39, 0.29) is 12.5 Å². The monoisotopic (exact) mass is 301 g/mol. The summed E-state index contributed by atoms with van der Waals surface area (Å²) < 4.78 is 5.03. The Hall–Kier alpha value is -1.34. The van der Waals surface area contributed by atoms with E-state index in [1.54, 1.807) is 7.11 Å². The summed E-state index contributed by atoms with van der Waals surface area (Å²) in [5.74, 6) is 0.612. The van der Waals surface area contributed by atoms with E-state index in [2.05, 4.69) is 32.9 Å². The number of ether oxygens (including phenoxy) is 1. The molecule has 124 valence electrons. The van der Waals surface area contributed by atoms with Crippen LogP contribution >= 0.6 is 0 Å². The number of nitrogens with one attached hydrogen (secondary N) is 3. The first kappa shape index (κ1) is 19.7. The maximum atomic E-state index is 11.4. The van der Waals surface area contributed by atoms with Gasteiger partial charge >= 0.3 is 0 Å². The van der Waals surface area contributed by atoms with Crippen LogP contribution in [0.1, 0.15) is 20.3 Å². The molecule has 0 rings (SSSR count). The van der Waals surface area contributed by atoms with E-state index in [9.17, 15) is 4.79 Å². The van der Waals surface area contributed by atoms with Crippen LogP contribution in [0.4, 0.5) is 0 Å². The van der Waals surface area contributed by atoms with Gasteiger partial charge in [-0.1, -0.05) is 0 Å². The number of guanidine groups is 1. The number of carbonyl (C=O) groups is 1. The van der Waals surface area contributed by atoms with Crippen LogP contribution in [0, 0.1) is 0 Å². The standard InChI is InChI=1S/C14H31N5O2/c1-5-15-13(20)12-18-14(16-6-2)17-8-10-19(3)9-7-11-21-4/h5-12H2,1-4H3,(H,15,20)(H2,16,17,18). The van der Waals surface area contributed by atoms with Gasteiger partial charge in [-0.2, -0.15) is 0 Å². The summed E-state index contributed by atoms with van der Waals surface area (Å²) >= 11 is 0. The predicted octanol–water partition coefficient (Wildman–Crippen LogP) is -0.354. The normalized spacial score (nSPS) is 11.6. The topological polar surface area (TPSA) is 78.0 Å². The molecule has 0 spiro atoms. The molecule has 0 fully saturated rings. The first-order chi connectivity index (χ1) is 10.1. The average molecular weight is 301 g/mol. The van der Waals surface area contributed by atoms with Gasteiger partial charge in [0.05, 0.1) is 0 Å². The zero-order valence-corrected chi connectivity index (χ0v) is 13.9. The molecule has 3 N–H and O–H groups in total. The van der Waals surface area contributed by atoms with Gasteiger partial charge in [-0.15, -0.1) is 0 Å². The van der Waals surface area contributed by atoms with Gasteiger partial charge in [-0.05, 0) is 27.3 Å². The van der Waals surface area contributed by atoms with Crippen molar-refractivity contribution in [2.75, 3.05) is 60.0 Å². The van der Waals surface area contributed by atoms with Crippen LogP contribution < -0.4 is 16.0 Å². The van der Waals surface area contributed by atoms with Crippen molar-refractivity contribution >= 4 is 11.9 Å². The number of hydrogen-bond donors (Lipinski definition) is 3. The second-order valence-electron chi connectivity index (χ2n) is 4.73. The number of amides is 1. The fourth-order valence-corrected chi connectivity index (χ4v) is 1.70. The van der Waals surface area contributed by atoms with Crippen molar-refractivity contribution in [3.05, 3.63) is 0 Å². The van der Waals surface area contributed by atoms with E-state index < -0.39 is 0 Å². The lowest BCUT2D eigenvalue weighted by Crippen LogP contribution is -2.41. The SMILES string of the molecule is CCNC(=O)CN=C(NCC)NCCN(C)CCCOC. The van der Waals surface area contributed by atoms with Crippen LogP contribution in [0.3, 0.4) is 0 Å². The summed E-state index contributed by atoms with van der Waals surface area (Å²) in [6.45, 7) is 8.92. The maximum absolute atomic E-state index is 11.4. The molecular formula is C14H31N5O2. The molecular weight excluding hydrogens is 270 g/mol. The van der Waals surface area contributed by atoms with Crippen LogP contribution in [-0.2, 0) is 9.53 Å². The Morgan fingerprint density at radius 1 is 1.14 bits per heavy atom. The highest BCUT2D eigenvalue weighted by atomic mass is 16.5. The molecule has 7 nitrogen and oxygen atoms in total. The van der Waals surface area contributed by atoms with E-state index >= 15 is 0 Å². The highest BCUT2D eigenvalue weighted by Crippen LogP contribution is 1.87. The number of aliphatic imine (C=N–C) groups is 1. The summed E-state index contributed by atoms with van der Waals surface area (Å²) in [5, 5.41) is 9.08. The zero-order valence-electron chi connectivity index (χ0n) is 13.9. The van der Waals surface area contributed by atoms with Gasteiger partial charge in [0.25, 0.3) is 0 Å². The summed E-state index contributed by atoms with van der Waals surface area (Å²) in [6.07, 6.45) is 1.03. The van der Waals surface area contributed by atoms with Gasteiger partial charge in [-0.3, -0.25) is 4.79 Å². The van der Waals surface area contributed by atoms with Crippen LogP contribution in [0.2, 0.25) is 0 Å². The molecule has 0 heterocycles. The quantitative estimate of drug-likeness (QED) is 0.276. The number of rotatable bonds is 11. The minimum atomic E-state index is -0.0635. The molecule has 0 aliphatic rings. The Morgan fingerprint density at radius 3 is 2.48 bits per heavy atom. The van der Waals surface area contributed by atoms with Crippen LogP contribution in [0.25, 0.3) is 0 Å². The molecule has 0 unspecified atom stereocenters. The first-order valence-corrected chi connectivity index (χ1v) is 7.60. The summed E-state index contributed by atoms with van der Waals surface area (Å²) in [6, 6.07) is 0. The molecule has 21 heavy (non-hydrogen) atoms. The molecule has 0 radical (unpaired) electrons. The second-order valence-corrected chi connectivity index (χ2v) is 4.73. The fourth-order valence-electron chi connectivity index (χ4n) is 1.70. The van der Waals surface area contributed by atoms with Crippen molar-refractivity contribution in [1.82, 2.24) is 20.9 Å². The molecule has 0 aromatic rings. The van der Waals surface area contributed by atoms with Crippen molar-refractivity contribution in [2.45, 2.75) is 20.3 Å². The molecule has 0 aromatic heterocycles. The third kappa shape index (κ3) is 12.1. The molecule has 0 aliphatic carbocycles. The lowest BCUT2D eigenvalue weighted by atomic mass is 10.4. The Kier molecular flexibility index (Phi) is 12.8. The second kappa shape index (κ2) is 13.6. The minimum absolute atomic E-state index is 0.0635. The highest BCUT2D eigenvalue weighted by molar-refractivity contribution is 5.84. The van der Waals surface area contributed by atoms with E-state index in [0.717, 1.165) is 39.2 Å². The Balaban J connectivity index is 3.97. The Bertz CT molecular complexity index is 297. The van der Waals surface area contributed by atoms with Gasteiger partial charge in [-0.25, -0.2) is 4.99 Å². The molecule has 7 heteroatoms. The van der Waals surface area contributed by atoms with Crippen LogP contribution in [0.15, 0.2) is 4.99 Å². The van der Waals surface area contributed by atoms with E-state index in [1.807, 2.05) is 13.8 Å². The third-order valence-corrected chi connectivity index (χ3v) is 2.77. The molecule has 0 bridgehead atoms. The molecule has 0 aliphatic heterocycles. The molecule has 0 atom stereocenters. The lowest BCUT2D eigenvalue weighted by molar-refractivity contribution is -0.119. The van der Waals surface area contributed by atoms with Crippen molar-refractivity contribution in [2.24, 2.45) is 4.99 Å². The van der Waals surface area contributed by atoms with Crippen molar-refractivity contribution < 1.29 is 9.53 Å². The predicted molar refractivity (Wildman–Crippen MR) is 86.7 cm³/mol. The number of carbonyl (C=O) groups excluding carboxylic acids is 1. The van der Waals surface area contributed by atoms with E-state index in [4.69, 9.17) is 4.74 Å². The molecule has 1 amide bonds. The number of likely N-dealkylation sites (N-methyl/N-ethyl adjacent to an activating group) is 2. The first-order valence-electron chi connectivity index (χ1n) is 7.60. The summed E-state index contributed by atoms with van der Waals surface area (Å²) in [4.78, 5) is 17.9. The van der Waals surface area contributed by atoms with E-state index in [1.165, 1.54) is 0 Å². The van der Waals surface area contributed by atoms with Gasteiger partial charge in [0, 0.05) is 46.4 Å². The summed E-state index contributed by atoms with van der Waals surface area (Å²) in [7, 11) is 3.80. The average Bonchev–Trinajstić information content (AvgIpc) is 2.45. The minimum Gasteiger partial charge on any atom is -0.385 e. The van der Waals surface area contributed by atoms with Crippen molar-refractivity contribution in [1.29, 1.82) is 0 Å². The Morgan fingerprint density at radius 2 is 1.86 bits per heavy atom. The highest BCUT2D eigenvalue weighted by Gasteiger charge is 2.02. The van der Waals surface area contributed by atoms with E-state index in [0.29, 0.717) is 12.5 Å². The smallest absolute Gasteiger partial charge is 0.241 e. The van der Waals surface area contributed by atoms with Crippen LogP contribution in [-0.4, -0.2) is 76.8 Å².